The third-order valence-corrected chi connectivity index (χ3v) is 12.7. The molecule has 12 aromatic carbocycles. The first kappa shape index (κ1) is 34.3. The topological polar surface area (TPSA) is 3.24 Å². The Balaban J connectivity index is 1.10. The maximum atomic E-state index is 2.54. The Morgan fingerprint density at radius 1 is 0.283 bits per heavy atom. The Bertz CT molecular complexity index is 3530. The minimum atomic E-state index is 0.693. The molecule has 12 rings (SSSR count). The van der Waals surface area contributed by atoms with Crippen LogP contribution in [0.1, 0.15) is 5.56 Å². The van der Waals surface area contributed by atoms with Gasteiger partial charge in [0.2, 0.25) is 0 Å². The molecule has 0 saturated carbocycles. The molecular weight excluding hydrogens is 723 g/mol. The van der Waals surface area contributed by atoms with Crippen LogP contribution < -0.4 is 4.90 Å². The van der Waals surface area contributed by atoms with Gasteiger partial charge in [0.1, 0.15) is 0 Å². The van der Waals surface area contributed by atoms with Crippen molar-refractivity contribution < 1.29 is 0 Å². The van der Waals surface area contributed by atoms with Crippen molar-refractivity contribution in [1.82, 2.24) is 0 Å². The van der Waals surface area contributed by atoms with E-state index in [9.17, 15) is 0 Å². The summed E-state index contributed by atoms with van der Waals surface area (Å²) in [5.41, 5.74) is 10.9. The summed E-state index contributed by atoms with van der Waals surface area (Å²) in [5.74, 6) is 0. The number of rotatable bonds is 7. The molecular formula is C59H39N. The summed E-state index contributed by atoms with van der Waals surface area (Å²) in [6, 6.07) is 82.9. The smallest absolute Gasteiger partial charge is 0.0500 e. The second-order valence-corrected chi connectivity index (χ2v) is 16.0. The van der Waals surface area contributed by atoms with Crippen molar-refractivity contribution >= 4 is 76.0 Å². The van der Waals surface area contributed by atoms with E-state index in [2.05, 4.69) is 229 Å². The zero-order chi connectivity index (χ0) is 39.6. The highest BCUT2D eigenvalue weighted by Gasteiger charge is 2.21. The lowest BCUT2D eigenvalue weighted by Crippen LogP contribution is -2.17. The van der Waals surface area contributed by atoms with E-state index in [1.54, 1.807) is 0 Å². The number of nitrogens with zero attached hydrogens (tertiary/aromatic N) is 1. The Morgan fingerprint density at radius 3 is 1.32 bits per heavy atom. The van der Waals surface area contributed by atoms with Crippen LogP contribution in [0.25, 0.3) is 98.0 Å². The zero-order valence-corrected chi connectivity index (χ0v) is 33.0. The molecule has 0 aromatic heterocycles. The van der Waals surface area contributed by atoms with E-state index >= 15 is 0 Å². The maximum absolute atomic E-state index is 2.54. The number of benzene rings is 11. The Kier molecular flexibility index (Phi) is 7.99. The third-order valence-electron chi connectivity index (χ3n) is 12.7. The van der Waals surface area contributed by atoms with Crippen molar-refractivity contribution in [3.8, 4) is 33.4 Å². The summed E-state index contributed by atoms with van der Waals surface area (Å²) in [5, 5.41) is 15.4. The number of anilines is 2. The van der Waals surface area contributed by atoms with Crippen LogP contribution in [0.3, 0.4) is 0 Å². The van der Waals surface area contributed by atoms with Crippen molar-refractivity contribution in [2.24, 2.45) is 0 Å². The number of hydrogen-bond acceptors (Lipinski definition) is 1. The van der Waals surface area contributed by atoms with Crippen LogP contribution >= 0.6 is 0 Å². The van der Waals surface area contributed by atoms with Gasteiger partial charge in [-0.05, 0) is 111 Å². The Morgan fingerprint density at radius 2 is 0.717 bits per heavy atom. The van der Waals surface area contributed by atoms with Crippen LogP contribution in [0, 0.1) is 0 Å². The summed E-state index contributed by atoms with van der Waals surface area (Å²) in [6.07, 6.45) is 0. The predicted octanol–water partition coefficient (Wildman–Crippen LogP) is 16.4. The lowest BCUT2D eigenvalue weighted by molar-refractivity contribution is 0.983. The Labute approximate surface area is 349 Å². The van der Waals surface area contributed by atoms with Crippen molar-refractivity contribution in [3.63, 3.8) is 0 Å². The molecule has 0 fully saturated rings. The molecule has 280 valence electrons. The van der Waals surface area contributed by atoms with Crippen LogP contribution in [-0.2, 0) is 6.54 Å². The molecule has 0 amide bonds. The summed E-state index contributed by atoms with van der Waals surface area (Å²) >= 11 is 0. The molecule has 0 aliphatic carbocycles. The monoisotopic (exact) mass is 761 g/mol. The fourth-order valence-electron chi connectivity index (χ4n) is 9.87. The van der Waals surface area contributed by atoms with Gasteiger partial charge in [0.15, 0.2) is 0 Å². The van der Waals surface area contributed by atoms with Gasteiger partial charge in [0, 0.05) is 28.7 Å². The van der Waals surface area contributed by atoms with Gasteiger partial charge >= 0.3 is 0 Å². The minimum Gasteiger partial charge on any atom is -0.336 e. The lowest BCUT2D eigenvalue weighted by Gasteiger charge is -2.29. The van der Waals surface area contributed by atoms with E-state index in [1.807, 2.05) is 0 Å². The fraction of sp³-hybridized carbons (Fsp3) is 0.0169. The molecule has 0 aliphatic rings. The number of fused-ring (bicyclic) bond motifs is 2. The molecule has 0 radical (unpaired) electrons. The van der Waals surface area contributed by atoms with Crippen molar-refractivity contribution in [1.29, 1.82) is 0 Å². The van der Waals surface area contributed by atoms with Crippen LogP contribution in [0.15, 0.2) is 224 Å². The van der Waals surface area contributed by atoms with E-state index in [4.69, 9.17) is 0 Å². The Hall–Kier alpha value is -7.74. The molecule has 1 nitrogen and oxygen atoms in total. The third kappa shape index (κ3) is 5.55. The van der Waals surface area contributed by atoms with Crippen LogP contribution in [0.4, 0.5) is 11.4 Å². The molecule has 0 N–H and O–H groups in total. The van der Waals surface area contributed by atoms with Crippen LogP contribution in [-0.4, -0.2) is 0 Å². The van der Waals surface area contributed by atoms with Gasteiger partial charge < -0.3 is 4.90 Å². The molecule has 0 heterocycles. The molecule has 0 spiro atoms. The molecule has 0 saturated heterocycles. The van der Waals surface area contributed by atoms with Crippen molar-refractivity contribution in [3.05, 3.63) is 230 Å². The average Bonchev–Trinajstić information content (AvgIpc) is 3.32. The van der Waals surface area contributed by atoms with Gasteiger partial charge in [-0.2, -0.15) is 0 Å². The van der Waals surface area contributed by atoms with E-state index in [-0.39, 0.29) is 0 Å². The largest absolute Gasteiger partial charge is 0.336 e. The van der Waals surface area contributed by atoms with Gasteiger partial charge in [-0.1, -0.05) is 206 Å². The first-order valence-corrected chi connectivity index (χ1v) is 20.9. The van der Waals surface area contributed by atoms with Crippen molar-refractivity contribution in [2.45, 2.75) is 6.54 Å². The molecule has 12 aromatic rings. The van der Waals surface area contributed by atoms with Gasteiger partial charge in [0.25, 0.3) is 0 Å². The molecule has 60 heavy (non-hydrogen) atoms. The summed E-state index contributed by atoms with van der Waals surface area (Å²) < 4.78 is 0. The van der Waals surface area contributed by atoms with Crippen LogP contribution in [0.2, 0.25) is 0 Å². The molecule has 0 aliphatic heterocycles. The number of hydrogen-bond donors (Lipinski definition) is 0. The minimum absolute atomic E-state index is 0.693. The highest BCUT2D eigenvalue weighted by Crippen LogP contribution is 2.47. The molecule has 0 bridgehead atoms. The quantitative estimate of drug-likeness (QED) is 0.146. The zero-order valence-electron chi connectivity index (χ0n) is 33.0. The summed E-state index contributed by atoms with van der Waals surface area (Å²) in [6.45, 7) is 0.693. The average molecular weight is 762 g/mol. The second kappa shape index (κ2) is 14.0. The summed E-state index contributed by atoms with van der Waals surface area (Å²) in [4.78, 5) is 2.54. The fourth-order valence-corrected chi connectivity index (χ4v) is 9.87. The highest BCUT2D eigenvalue weighted by molar-refractivity contribution is 6.38. The molecule has 1 heteroatoms. The van der Waals surface area contributed by atoms with E-state index in [0.29, 0.717) is 6.54 Å². The van der Waals surface area contributed by atoms with Gasteiger partial charge in [-0.3, -0.25) is 0 Å². The maximum Gasteiger partial charge on any atom is 0.0500 e. The standard InChI is InChI=1S/C59H39N/c1-3-13-39(14-4-1)40-27-29-41(30-28-40)42-33-35-48(36-34-42)60(38-47-17-7-8-21-49(47)43-15-5-2-6-16-43)55-37-46-20-11-24-51-50-22-9-18-44-31-32-45-19-10-23-52(57(45)56(44)50)53-25-12-26-54(55)59(53)58(46)51/h1-37H,38H2. The predicted molar refractivity (Wildman–Crippen MR) is 258 cm³/mol. The lowest BCUT2D eigenvalue weighted by atomic mass is 9.87. The van der Waals surface area contributed by atoms with E-state index < -0.39 is 0 Å². The van der Waals surface area contributed by atoms with E-state index in [0.717, 1.165) is 5.69 Å². The normalized spacial score (nSPS) is 11.7. The van der Waals surface area contributed by atoms with Crippen molar-refractivity contribution in [2.75, 3.05) is 4.90 Å². The first-order valence-electron chi connectivity index (χ1n) is 20.9. The highest BCUT2D eigenvalue weighted by atomic mass is 15.1. The van der Waals surface area contributed by atoms with E-state index in [1.165, 1.54) is 109 Å². The van der Waals surface area contributed by atoms with Gasteiger partial charge in [-0.15, -0.1) is 0 Å². The molecule has 0 unspecified atom stereocenters. The summed E-state index contributed by atoms with van der Waals surface area (Å²) in [7, 11) is 0. The molecule has 0 atom stereocenters. The second-order valence-electron chi connectivity index (χ2n) is 16.0. The SMILES string of the molecule is c1ccc(-c2ccc(-c3ccc(N(Cc4ccccc4-c4ccccc4)c4cc5cccc6c7cccc8ccc9cccc(c%10cccc4c%10c56)c9c87)cc3)cc2)cc1. The van der Waals surface area contributed by atoms with Crippen LogP contribution in [0.5, 0.6) is 0 Å². The first-order chi connectivity index (χ1) is 29.8. The van der Waals surface area contributed by atoms with Gasteiger partial charge in [-0.25, -0.2) is 0 Å². The van der Waals surface area contributed by atoms with Gasteiger partial charge in [0.05, 0.1) is 0 Å².